The fraction of sp³-hybridized carbons (Fsp3) is 0.154. The highest BCUT2D eigenvalue weighted by molar-refractivity contribution is 6.01. The summed E-state index contributed by atoms with van der Waals surface area (Å²) < 4.78 is 19.4. The van der Waals surface area contributed by atoms with Crippen LogP contribution in [0.2, 0.25) is 0 Å². The number of para-hydroxylation sites is 1. The molecule has 3 aromatic rings. The van der Waals surface area contributed by atoms with Gasteiger partial charge in [-0.15, -0.1) is 0 Å². The molecule has 4 nitrogen and oxygen atoms in total. The van der Waals surface area contributed by atoms with Gasteiger partial charge in [0.15, 0.2) is 6.10 Å². The minimum atomic E-state index is -0.968. The molecule has 1 unspecified atom stereocenters. The average molecular weight is 417 g/mol. The van der Waals surface area contributed by atoms with E-state index in [1.54, 1.807) is 24.3 Å². The average Bonchev–Trinajstić information content (AvgIpc) is 2.77. The first-order chi connectivity index (χ1) is 14.9. The van der Waals surface area contributed by atoms with Gasteiger partial charge in [-0.2, -0.15) is 0 Å². The number of benzene rings is 3. The summed E-state index contributed by atoms with van der Waals surface area (Å²) >= 11 is 0. The summed E-state index contributed by atoms with van der Waals surface area (Å²) in [4.78, 5) is 25.7. The number of hydrogen-bond acceptors (Lipinski definition) is 3. The number of nitrogens with one attached hydrogen (secondary N) is 1. The standard InChI is InChI=1S/C26H24FNO3/c1-18(2)23(17-24(29)28-22-11-7-4-8-12-22)31-26(20-9-5-3-6-10-20)25(30)19-13-15-21(27)16-14-19/h3-18,26H,1-2H3,(H,28,29). The minimum Gasteiger partial charge on any atom is -0.481 e. The number of carbonyl (C=O) groups excluding carboxylic acids is 2. The lowest BCUT2D eigenvalue weighted by Crippen LogP contribution is -2.19. The van der Waals surface area contributed by atoms with Crippen LogP contribution < -0.4 is 5.32 Å². The first kappa shape index (κ1) is 22.0. The van der Waals surface area contributed by atoms with Gasteiger partial charge in [-0.1, -0.05) is 62.4 Å². The Kier molecular flexibility index (Phi) is 7.33. The smallest absolute Gasteiger partial charge is 0.251 e. The molecule has 3 rings (SSSR count). The summed E-state index contributed by atoms with van der Waals surface area (Å²) in [5.41, 5.74) is 1.63. The van der Waals surface area contributed by atoms with Gasteiger partial charge in [-0.25, -0.2) is 4.39 Å². The molecule has 1 atom stereocenters. The zero-order valence-electron chi connectivity index (χ0n) is 17.4. The van der Waals surface area contributed by atoms with Gasteiger partial charge in [0.1, 0.15) is 11.6 Å². The van der Waals surface area contributed by atoms with Crippen LogP contribution in [-0.4, -0.2) is 11.7 Å². The van der Waals surface area contributed by atoms with Gasteiger partial charge in [0, 0.05) is 28.8 Å². The van der Waals surface area contributed by atoms with Crippen LogP contribution in [0.5, 0.6) is 0 Å². The highest BCUT2D eigenvalue weighted by Gasteiger charge is 2.26. The van der Waals surface area contributed by atoms with Crippen molar-refractivity contribution in [3.05, 3.63) is 114 Å². The molecule has 31 heavy (non-hydrogen) atoms. The van der Waals surface area contributed by atoms with Gasteiger partial charge in [-0.3, -0.25) is 9.59 Å². The Hall–Kier alpha value is -3.73. The molecule has 0 aliphatic carbocycles. The van der Waals surface area contributed by atoms with Crippen LogP contribution >= 0.6 is 0 Å². The maximum Gasteiger partial charge on any atom is 0.251 e. The number of amides is 1. The van der Waals surface area contributed by atoms with Crippen molar-refractivity contribution in [1.82, 2.24) is 0 Å². The van der Waals surface area contributed by atoms with Crippen molar-refractivity contribution in [2.24, 2.45) is 5.92 Å². The van der Waals surface area contributed by atoms with Crippen molar-refractivity contribution in [2.75, 3.05) is 5.32 Å². The Balaban J connectivity index is 1.89. The van der Waals surface area contributed by atoms with E-state index in [1.807, 2.05) is 50.2 Å². The largest absolute Gasteiger partial charge is 0.481 e. The number of rotatable bonds is 8. The predicted octanol–water partition coefficient (Wildman–Crippen LogP) is 5.94. The zero-order chi connectivity index (χ0) is 22.2. The van der Waals surface area contributed by atoms with E-state index < -0.39 is 11.9 Å². The second-order valence-electron chi connectivity index (χ2n) is 7.34. The van der Waals surface area contributed by atoms with Gasteiger partial charge >= 0.3 is 0 Å². The summed E-state index contributed by atoms with van der Waals surface area (Å²) in [6, 6.07) is 23.4. The Morgan fingerprint density at radius 1 is 0.871 bits per heavy atom. The Morgan fingerprint density at radius 2 is 1.45 bits per heavy atom. The molecule has 0 spiro atoms. The summed E-state index contributed by atoms with van der Waals surface area (Å²) in [6.45, 7) is 3.76. The Labute approximate surface area is 181 Å². The number of carbonyl (C=O) groups is 2. The fourth-order valence-electron chi connectivity index (χ4n) is 2.97. The SMILES string of the molecule is CC(C)C(=CC(=O)Nc1ccccc1)OC(C(=O)c1ccc(F)cc1)c1ccccc1. The molecule has 0 saturated carbocycles. The lowest BCUT2D eigenvalue weighted by atomic mass is 9.99. The van der Waals surface area contributed by atoms with Crippen LogP contribution in [0.4, 0.5) is 10.1 Å². The third-order valence-corrected chi connectivity index (χ3v) is 4.61. The Bertz CT molecular complexity index is 1050. The number of anilines is 1. The molecule has 0 aromatic heterocycles. The Morgan fingerprint density at radius 3 is 2.03 bits per heavy atom. The third-order valence-electron chi connectivity index (χ3n) is 4.61. The van der Waals surface area contributed by atoms with Crippen molar-refractivity contribution in [3.8, 4) is 0 Å². The molecule has 0 radical (unpaired) electrons. The number of hydrogen-bond donors (Lipinski definition) is 1. The van der Waals surface area contributed by atoms with Crippen LogP contribution in [0.1, 0.15) is 35.9 Å². The molecule has 3 aromatic carbocycles. The highest BCUT2D eigenvalue weighted by Crippen LogP contribution is 2.28. The normalized spacial score (nSPS) is 12.3. The van der Waals surface area contributed by atoms with E-state index in [-0.39, 0.29) is 17.6 Å². The molecular weight excluding hydrogens is 393 g/mol. The van der Waals surface area contributed by atoms with Gasteiger partial charge in [0.05, 0.1) is 0 Å². The molecule has 0 aliphatic heterocycles. The number of halogens is 1. The van der Waals surface area contributed by atoms with Crippen LogP contribution in [-0.2, 0) is 9.53 Å². The van der Waals surface area contributed by atoms with Crippen molar-refractivity contribution < 1.29 is 18.7 Å². The molecule has 1 N–H and O–H groups in total. The van der Waals surface area contributed by atoms with E-state index in [4.69, 9.17) is 4.74 Å². The molecule has 5 heteroatoms. The molecule has 1 amide bonds. The maximum absolute atomic E-state index is 13.3. The fourth-order valence-corrected chi connectivity index (χ4v) is 2.97. The van der Waals surface area contributed by atoms with Gasteiger partial charge in [-0.05, 0) is 36.4 Å². The molecule has 0 fully saturated rings. The first-order valence-corrected chi connectivity index (χ1v) is 10.0. The number of allylic oxidation sites excluding steroid dienone is 1. The molecule has 0 bridgehead atoms. The number of ketones is 1. The molecule has 0 aliphatic rings. The van der Waals surface area contributed by atoms with Crippen LogP contribution in [0, 0.1) is 11.7 Å². The summed E-state index contributed by atoms with van der Waals surface area (Å²) in [5, 5.41) is 2.79. The van der Waals surface area contributed by atoms with E-state index in [1.165, 1.54) is 30.3 Å². The zero-order valence-corrected chi connectivity index (χ0v) is 17.4. The van der Waals surface area contributed by atoms with Crippen LogP contribution in [0.3, 0.4) is 0 Å². The molecule has 158 valence electrons. The predicted molar refractivity (Wildman–Crippen MR) is 119 cm³/mol. The van der Waals surface area contributed by atoms with E-state index in [0.29, 0.717) is 22.6 Å². The van der Waals surface area contributed by atoms with Gasteiger partial charge in [0.25, 0.3) is 5.91 Å². The van der Waals surface area contributed by atoms with Crippen molar-refractivity contribution in [2.45, 2.75) is 20.0 Å². The quantitative estimate of drug-likeness (QED) is 0.280. The number of Topliss-reactive ketones (excluding diaryl/α,β-unsaturated/α-hetero) is 1. The van der Waals surface area contributed by atoms with E-state index in [9.17, 15) is 14.0 Å². The highest BCUT2D eigenvalue weighted by atomic mass is 19.1. The summed E-state index contributed by atoms with van der Waals surface area (Å²) in [7, 11) is 0. The van der Waals surface area contributed by atoms with Crippen molar-refractivity contribution in [1.29, 1.82) is 0 Å². The molecular formula is C26H24FNO3. The van der Waals surface area contributed by atoms with Gasteiger partial charge < -0.3 is 10.1 Å². The van der Waals surface area contributed by atoms with E-state index in [0.717, 1.165) is 0 Å². The maximum atomic E-state index is 13.3. The lowest BCUT2D eigenvalue weighted by molar-refractivity contribution is -0.112. The monoisotopic (exact) mass is 417 g/mol. The molecule has 0 saturated heterocycles. The van der Waals surface area contributed by atoms with E-state index >= 15 is 0 Å². The summed E-state index contributed by atoms with van der Waals surface area (Å²) in [6.07, 6.45) is 0.399. The van der Waals surface area contributed by atoms with E-state index in [2.05, 4.69) is 5.32 Å². The lowest BCUT2D eigenvalue weighted by Gasteiger charge is -2.22. The van der Waals surface area contributed by atoms with Crippen LogP contribution in [0.25, 0.3) is 0 Å². The first-order valence-electron chi connectivity index (χ1n) is 10.0. The second-order valence-corrected chi connectivity index (χ2v) is 7.34. The topological polar surface area (TPSA) is 55.4 Å². The van der Waals surface area contributed by atoms with Crippen molar-refractivity contribution in [3.63, 3.8) is 0 Å². The van der Waals surface area contributed by atoms with Gasteiger partial charge in [0.2, 0.25) is 5.78 Å². The summed E-state index contributed by atoms with van der Waals surface area (Å²) in [5.74, 6) is -0.863. The number of ether oxygens (including phenoxy) is 1. The third kappa shape index (κ3) is 6.12. The minimum absolute atomic E-state index is 0.145. The van der Waals surface area contributed by atoms with Crippen molar-refractivity contribution >= 4 is 17.4 Å². The van der Waals surface area contributed by atoms with Crippen LogP contribution in [0.15, 0.2) is 96.8 Å². The molecule has 0 heterocycles. The second kappa shape index (κ2) is 10.3.